The number of nitrogens with one attached hydrogen (secondary N) is 3. The highest BCUT2D eigenvalue weighted by atomic mass is 35.5. The van der Waals surface area contributed by atoms with Crippen LogP contribution in [-0.2, 0) is 4.79 Å². The summed E-state index contributed by atoms with van der Waals surface area (Å²) in [4.78, 5) is 24.3. The summed E-state index contributed by atoms with van der Waals surface area (Å²) in [6, 6.07) is 5.83. The van der Waals surface area contributed by atoms with Crippen molar-refractivity contribution in [3.05, 3.63) is 29.3 Å². The van der Waals surface area contributed by atoms with E-state index in [0.29, 0.717) is 17.3 Å². The molecule has 0 aliphatic carbocycles. The van der Waals surface area contributed by atoms with Gasteiger partial charge in [0, 0.05) is 19.0 Å². The van der Waals surface area contributed by atoms with Crippen molar-refractivity contribution in [3.8, 4) is 0 Å². The highest BCUT2D eigenvalue weighted by Crippen LogP contribution is 2.22. The highest BCUT2D eigenvalue weighted by molar-refractivity contribution is 6.04. The van der Waals surface area contributed by atoms with Crippen molar-refractivity contribution in [1.82, 2.24) is 10.6 Å². The largest absolute Gasteiger partial charge is 0.355 e. The van der Waals surface area contributed by atoms with E-state index in [1.165, 1.54) is 0 Å². The summed E-state index contributed by atoms with van der Waals surface area (Å²) in [6.45, 7) is 4.86. The van der Waals surface area contributed by atoms with Crippen LogP contribution in [0.4, 0.5) is 5.69 Å². The maximum absolute atomic E-state index is 12.4. The number of hydrogen-bond acceptors (Lipinski definition) is 3. The molecule has 3 N–H and O–H groups in total. The van der Waals surface area contributed by atoms with E-state index in [2.05, 4.69) is 22.9 Å². The number of amides is 2. The molecule has 22 heavy (non-hydrogen) atoms. The molecule has 122 valence electrons. The molecule has 0 aromatic heterocycles. The number of carbonyl (C=O) groups excluding carboxylic acids is 2. The number of anilines is 1. The Morgan fingerprint density at radius 2 is 2.05 bits per heavy atom. The lowest BCUT2D eigenvalue weighted by Crippen LogP contribution is -2.40. The normalized spacial score (nSPS) is 20.7. The van der Waals surface area contributed by atoms with Gasteiger partial charge in [-0.25, -0.2) is 0 Å². The number of rotatable bonds is 3. The predicted octanol–water partition coefficient (Wildman–Crippen LogP) is 2.10. The zero-order valence-corrected chi connectivity index (χ0v) is 14.0. The second kappa shape index (κ2) is 8.15. The van der Waals surface area contributed by atoms with E-state index in [4.69, 9.17) is 0 Å². The smallest absolute Gasteiger partial charge is 0.253 e. The van der Waals surface area contributed by atoms with E-state index < -0.39 is 0 Å². The van der Waals surface area contributed by atoms with Gasteiger partial charge in [-0.1, -0.05) is 11.6 Å². The van der Waals surface area contributed by atoms with Crippen LogP contribution < -0.4 is 16.0 Å². The summed E-state index contributed by atoms with van der Waals surface area (Å²) in [7, 11) is 1.59. The first-order valence-corrected chi connectivity index (χ1v) is 7.38. The molecule has 1 saturated heterocycles. The molecular weight excluding hydrogens is 302 g/mol. The zero-order valence-electron chi connectivity index (χ0n) is 13.2. The maximum atomic E-state index is 12.4. The minimum Gasteiger partial charge on any atom is -0.355 e. The molecule has 0 spiro atoms. The predicted molar refractivity (Wildman–Crippen MR) is 90.6 cm³/mol. The lowest BCUT2D eigenvalue weighted by atomic mass is 9.92. The first-order chi connectivity index (χ1) is 10.0. The molecule has 1 aromatic rings. The van der Waals surface area contributed by atoms with E-state index in [9.17, 15) is 9.59 Å². The van der Waals surface area contributed by atoms with Crippen LogP contribution in [0.2, 0.25) is 0 Å². The number of hydrogen-bond donors (Lipinski definition) is 3. The van der Waals surface area contributed by atoms with E-state index in [0.717, 1.165) is 24.9 Å². The lowest BCUT2D eigenvalue weighted by Gasteiger charge is -2.27. The Kier molecular flexibility index (Phi) is 6.84. The molecule has 2 rings (SSSR count). The molecule has 1 heterocycles. The second-order valence-corrected chi connectivity index (χ2v) is 5.69. The van der Waals surface area contributed by atoms with Crippen LogP contribution in [0.1, 0.15) is 35.7 Å². The van der Waals surface area contributed by atoms with Crippen LogP contribution in [0.5, 0.6) is 0 Å². The van der Waals surface area contributed by atoms with Crippen molar-refractivity contribution >= 4 is 29.9 Å². The van der Waals surface area contributed by atoms with Gasteiger partial charge in [-0.15, -0.1) is 12.4 Å². The fourth-order valence-electron chi connectivity index (χ4n) is 2.69. The average molecular weight is 326 g/mol. The summed E-state index contributed by atoms with van der Waals surface area (Å²) < 4.78 is 0. The van der Waals surface area contributed by atoms with Crippen LogP contribution in [0.25, 0.3) is 0 Å². The van der Waals surface area contributed by atoms with Crippen molar-refractivity contribution in [2.24, 2.45) is 5.92 Å². The number of carbonyl (C=O) groups is 2. The third-order valence-corrected chi connectivity index (χ3v) is 3.90. The van der Waals surface area contributed by atoms with Gasteiger partial charge >= 0.3 is 0 Å². The molecule has 2 atom stereocenters. The Hall–Kier alpha value is -1.59. The molecule has 0 radical (unpaired) electrons. The SMILES string of the molecule is CNC(=O)c1cc(C)ccc1NC(=O)[C@H]1CCN[C@@H](C)C1.Cl. The number of benzene rings is 1. The summed E-state index contributed by atoms with van der Waals surface area (Å²) in [5.41, 5.74) is 2.08. The van der Waals surface area contributed by atoms with Crippen LogP contribution in [0.15, 0.2) is 18.2 Å². The molecule has 1 fully saturated rings. The van der Waals surface area contributed by atoms with Crippen molar-refractivity contribution in [3.63, 3.8) is 0 Å². The summed E-state index contributed by atoms with van der Waals surface area (Å²) in [6.07, 6.45) is 1.66. The summed E-state index contributed by atoms with van der Waals surface area (Å²) in [5, 5.41) is 8.86. The van der Waals surface area contributed by atoms with Gasteiger partial charge in [0.2, 0.25) is 5.91 Å². The van der Waals surface area contributed by atoms with Crippen molar-refractivity contribution in [2.45, 2.75) is 32.7 Å². The van der Waals surface area contributed by atoms with Gasteiger partial charge in [0.05, 0.1) is 11.3 Å². The van der Waals surface area contributed by atoms with Crippen molar-refractivity contribution in [1.29, 1.82) is 0 Å². The van der Waals surface area contributed by atoms with Crippen LogP contribution in [0, 0.1) is 12.8 Å². The van der Waals surface area contributed by atoms with Gasteiger partial charge in [0.1, 0.15) is 0 Å². The topological polar surface area (TPSA) is 70.2 Å². The van der Waals surface area contributed by atoms with Gasteiger partial charge in [0.25, 0.3) is 5.91 Å². The molecule has 0 unspecified atom stereocenters. The van der Waals surface area contributed by atoms with E-state index in [1.54, 1.807) is 19.2 Å². The Bertz CT molecular complexity index is 548. The third kappa shape index (κ3) is 4.45. The minimum atomic E-state index is -0.187. The van der Waals surface area contributed by atoms with E-state index >= 15 is 0 Å². The molecule has 1 aliphatic rings. The fraction of sp³-hybridized carbons (Fsp3) is 0.500. The van der Waals surface area contributed by atoms with Gasteiger partial charge in [-0.2, -0.15) is 0 Å². The van der Waals surface area contributed by atoms with Crippen LogP contribution in [-0.4, -0.2) is 31.4 Å². The second-order valence-electron chi connectivity index (χ2n) is 5.69. The maximum Gasteiger partial charge on any atom is 0.253 e. The van der Waals surface area contributed by atoms with Crippen molar-refractivity contribution < 1.29 is 9.59 Å². The quantitative estimate of drug-likeness (QED) is 0.797. The average Bonchev–Trinajstić information content (AvgIpc) is 2.48. The number of halogens is 1. The van der Waals surface area contributed by atoms with E-state index in [-0.39, 0.29) is 30.1 Å². The van der Waals surface area contributed by atoms with Crippen LogP contribution in [0.3, 0.4) is 0 Å². The monoisotopic (exact) mass is 325 g/mol. The van der Waals surface area contributed by atoms with Crippen LogP contribution >= 0.6 is 12.4 Å². The molecule has 2 amide bonds. The Morgan fingerprint density at radius 3 is 2.68 bits per heavy atom. The number of piperidine rings is 1. The molecule has 1 aliphatic heterocycles. The van der Waals surface area contributed by atoms with Gasteiger partial charge in [-0.05, 0) is 45.4 Å². The Labute approximate surface area is 137 Å². The summed E-state index contributed by atoms with van der Waals surface area (Å²) in [5.74, 6) is -0.190. The zero-order chi connectivity index (χ0) is 15.4. The minimum absolute atomic E-state index is 0. The fourth-order valence-corrected chi connectivity index (χ4v) is 2.69. The van der Waals surface area contributed by atoms with Crippen molar-refractivity contribution in [2.75, 3.05) is 18.9 Å². The molecule has 0 saturated carbocycles. The molecule has 6 heteroatoms. The number of aryl methyl sites for hydroxylation is 1. The van der Waals surface area contributed by atoms with Gasteiger partial charge in [-0.3, -0.25) is 9.59 Å². The Morgan fingerprint density at radius 1 is 1.32 bits per heavy atom. The molecular formula is C16H24ClN3O2. The Balaban J connectivity index is 0.00000242. The van der Waals surface area contributed by atoms with Gasteiger partial charge < -0.3 is 16.0 Å². The first kappa shape index (κ1) is 18.5. The molecule has 1 aromatic carbocycles. The standard InChI is InChI=1S/C16H23N3O2.ClH/c1-10-4-5-14(13(8-10)16(21)17-3)19-15(20)12-6-7-18-11(2)9-12;/h4-5,8,11-12,18H,6-7,9H2,1-3H3,(H,17,21)(H,19,20);1H/t11-,12-;/m0./s1. The third-order valence-electron chi connectivity index (χ3n) is 3.90. The van der Waals surface area contributed by atoms with E-state index in [1.807, 2.05) is 13.0 Å². The first-order valence-electron chi connectivity index (χ1n) is 7.38. The molecule has 0 bridgehead atoms. The molecule has 5 nitrogen and oxygen atoms in total. The summed E-state index contributed by atoms with van der Waals surface area (Å²) >= 11 is 0. The lowest BCUT2D eigenvalue weighted by molar-refractivity contribution is -0.120. The van der Waals surface area contributed by atoms with Gasteiger partial charge in [0.15, 0.2) is 0 Å². The highest BCUT2D eigenvalue weighted by Gasteiger charge is 2.25.